The van der Waals surface area contributed by atoms with E-state index in [1.807, 2.05) is 6.92 Å². The van der Waals surface area contributed by atoms with Crippen LogP contribution in [-0.4, -0.2) is 5.67 Å². The van der Waals surface area contributed by atoms with Gasteiger partial charge in [-0.1, -0.05) is 19.3 Å². The topological polar surface area (TPSA) is 0 Å². The van der Waals surface area contributed by atoms with Crippen LogP contribution in [0.15, 0.2) is 0 Å². The summed E-state index contributed by atoms with van der Waals surface area (Å²) in [5.74, 6) is 1.13. The first-order valence-corrected chi connectivity index (χ1v) is 5.39. The van der Waals surface area contributed by atoms with Crippen molar-refractivity contribution in [3.05, 3.63) is 0 Å². The Balaban J connectivity index is 2.09. The molecule has 12 heavy (non-hydrogen) atoms. The van der Waals surface area contributed by atoms with Crippen molar-refractivity contribution in [2.75, 3.05) is 0 Å². The van der Waals surface area contributed by atoms with E-state index in [4.69, 9.17) is 0 Å². The van der Waals surface area contributed by atoms with Gasteiger partial charge in [0.25, 0.3) is 0 Å². The van der Waals surface area contributed by atoms with Crippen LogP contribution in [0.3, 0.4) is 0 Å². The van der Waals surface area contributed by atoms with Crippen LogP contribution in [0.4, 0.5) is 4.39 Å². The number of fused-ring (bicyclic) bond motifs is 1. The first kappa shape index (κ1) is 8.52. The third-order valence-corrected chi connectivity index (χ3v) is 3.92. The number of hydrogen-bond donors (Lipinski definition) is 0. The van der Waals surface area contributed by atoms with Gasteiger partial charge in [0.15, 0.2) is 0 Å². The zero-order chi connectivity index (χ0) is 8.60. The van der Waals surface area contributed by atoms with Gasteiger partial charge in [-0.2, -0.15) is 0 Å². The molecule has 0 aliphatic heterocycles. The molecular formula is C11H19F. The Morgan fingerprint density at radius 1 is 1.08 bits per heavy atom. The van der Waals surface area contributed by atoms with Crippen LogP contribution in [0.25, 0.3) is 0 Å². The predicted octanol–water partition coefficient (Wildman–Crippen LogP) is 3.70. The Hall–Kier alpha value is -0.0700. The fourth-order valence-electron chi connectivity index (χ4n) is 3.24. The lowest BCUT2D eigenvalue weighted by atomic mass is 9.65. The lowest BCUT2D eigenvalue weighted by molar-refractivity contribution is -0.00740. The lowest BCUT2D eigenvalue weighted by Gasteiger charge is -2.43. The van der Waals surface area contributed by atoms with Crippen LogP contribution in [0.1, 0.15) is 51.9 Å². The molecule has 0 radical (unpaired) electrons. The predicted molar refractivity (Wildman–Crippen MR) is 48.8 cm³/mol. The van der Waals surface area contributed by atoms with Gasteiger partial charge in [0.05, 0.1) is 0 Å². The van der Waals surface area contributed by atoms with Gasteiger partial charge >= 0.3 is 0 Å². The Morgan fingerprint density at radius 2 is 1.75 bits per heavy atom. The SMILES string of the molecule is CC1(F)CCCC2CCCCC21. The summed E-state index contributed by atoms with van der Waals surface area (Å²) in [5.41, 5.74) is -0.830. The maximum absolute atomic E-state index is 14.0. The fourth-order valence-corrected chi connectivity index (χ4v) is 3.24. The molecule has 0 spiro atoms. The van der Waals surface area contributed by atoms with Crippen molar-refractivity contribution in [2.45, 2.75) is 57.5 Å². The first-order valence-electron chi connectivity index (χ1n) is 5.39. The van der Waals surface area contributed by atoms with Gasteiger partial charge in [-0.25, -0.2) is 4.39 Å². The van der Waals surface area contributed by atoms with Crippen LogP contribution >= 0.6 is 0 Å². The minimum absolute atomic E-state index is 0.403. The average molecular weight is 170 g/mol. The largest absolute Gasteiger partial charge is 0.244 e. The molecule has 2 fully saturated rings. The molecule has 2 saturated carbocycles. The van der Waals surface area contributed by atoms with Crippen molar-refractivity contribution in [2.24, 2.45) is 11.8 Å². The molecule has 0 aromatic heterocycles. The molecule has 3 atom stereocenters. The van der Waals surface area contributed by atoms with E-state index in [2.05, 4.69) is 0 Å². The summed E-state index contributed by atoms with van der Waals surface area (Å²) in [6.07, 6.45) is 8.28. The third kappa shape index (κ3) is 1.38. The summed E-state index contributed by atoms with van der Waals surface area (Å²) in [4.78, 5) is 0. The minimum Gasteiger partial charge on any atom is -0.244 e. The fraction of sp³-hybridized carbons (Fsp3) is 1.00. The summed E-state index contributed by atoms with van der Waals surface area (Å²) in [6, 6.07) is 0. The Bertz CT molecular complexity index is 160. The second-order valence-corrected chi connectivity index (χ2v) is 4.82. The summed E-state index contributed by atoms with van der Waals surface area (Å²) in [5, 5.41) is 0. The molecule has 0 saturated heterocycles. The highest BCUT2D eigenvalue weighted by Gasteiger charge is 2.43. The molecule has 3 unspecified atom stereocenters. The number of rotatable bonds is 0. The van der Waals surface area contributed by atoms with E-state index in [0.717, 1.165) is 25.2 Å². The molecule has 0 aromatic rings. The zero-order valence-corrected chi connectivity index (χ0v) is 7.98. The molecule has 0 aromatic carbocycles. The highest BCUT2D eigenvalue weighted by molar-refractivity contribution is 4.93. The molecule has 0 heterocycles. The van der Waals surface area contributed by atoms with Crippen molar-refractivity contribution in [1.29, 1.82) is 0 Å². The molecule has 0 amide bonds. The van der Waals surface area contributed by atoms with Gasteiger partial charge in [-0.3, -0.25) is 0 Å². The number of halogens is 1. The van der Waals surface area contributed by atoms with Crippen molar-refractivity contribution in [3.63, 3.8) is 0 Å². The van der Waals surface area contributed by atoms with Crippen LogP contribution in [0, 0.1) is 11.8 Å². The lowest BCUT2D eigenvalue weighted by Crippen LogP contribution is -2.40. The maximum atomic E-state index is 14.0. The first-order chi connectivity index (χ1) is 5.70. The molecule has 0 N–H and O–H groups in total. The Labute approximate surface area is 74.5 Å². The monoisotopic (exact) mass is 170 g/mol. The van der Waals surface area contributed by atoms with Crippen LogP contribution in [0.5, 0.6) is 0 Å². The summed E-state index contributed by atoms with van der Waals surface area (Å²) in [6.45, 7) is 1.83. The van der Waals surface area contributed by atoms with Gasteiger partial charge in [0, 0.05) is 0 Å². The molecule has 0 nitrogen and oxygen atoms in total. The number of hydrogen-bond acceptors (Lipinski definition) is 0. The highest BCUT2D eigenvalue weighted by atomic mass is 19.1. The van der Waals surface area contributed by atoms with Gasteiger partial charge in [-0.05, 0) is 44.4 Å². The summed E-state index contributed by atoms with van der Waals surface area (Å²) < 4.78 is 14.0. The molecule has 2 aliphatic rings. The van der Waals surface area contributed by atoms with Crippen LogP contribution < -0.4 is 0 Å². The van der Waals surface area contributed by atoms with E-state index in [0.29, 0.717) is 5.92 Å². The minimum atomic E-state index is -0.830. The Morgan fingerprint density at radius 3 is 2.50 bits per heavy atom. The molecule has 1 heteroatoms. The van der Waals surface area contributed by atoms with E-state index in [9.17, 15) is 4.39 Å². The van der Waals surface area contributed by atoms with Crippen molar-refractivity contribution < 1.29 is 4.39 Å². The van der Waals surface area contributed by atoms with E-state index < -0.39 is 5.67 Å². The molecule has 70 valence electrons. The molecule has 2 aliphatic carbocycles. The maximum Gasteiger partial charge on any atom is 0.111 e. The van der Waals surface area contributed by atoms with E-state index in [-0.39, 0.29) is 0 Å². The van der Waals surface area contributed by atoms with Gasteiger partial charge in [-0.15, -0.1) is 0 Å². The quantitative estimate of drug-likeness (QED) is 0.520. The van der Waals surface area contributed by atoms with Crippen molar-refractivity contribution in [1.82, 2.24) is 0 Å². The smallest absolute Gasteiger partial charge is 0.111 e. The molecule has 2 rings (SSSR count). The van der Waals surface area contributed by atoms with E-state index in [1.165, 1.54) is 25.7 Å². The van der Waals surface area contributed by atoms with Crippen molar-refractivity contribution in [3.8, 4) is 0 Å². The number of alkyl halides is 1. The highest BCUT2D eigenvalue weighted by Crippen LogP contribution is 2.47. The standard InChI is InChI=1S/C11H19F/c1-11(12)8-4-6-9-5-2-3-7-10(9)11/h9-10H,2-8H2,1H3. The molecular weight excluding hydrogens is 151 g/mol. The van der Waals surface area contributed by atoms with Gasteiger partial charge < -0.3 is 0 Å². The second kappa shape index (κ2) is 3.01. The average Bonchev–Trinajstić information content (AvgIpc) is 2.04. The zero-order valence-electron chi connectivity index (χ0n) is 7.98. The summed E-state index contributed by atoms with van der Waals surface area (Å²) in [7, 11) is 0. The van der Waals surface area contributed by atoms with E-state index in [1.54, 1.807) is 0 Å². The van der Waals surface area contributed by atoms with Crippen molar-refractivity contribution >= 4 is 0 Å². The van der Waals surface area contributed by atoms with Crippen LogP contribution in [-0.2, 0) is 0 Å². The third-order valence-electron chi connectivity index (χ3n) is 3.92. The van der Waals surface area contributed by atoms with Crippen LogP contribution in [0.2, 0.25) is 0 Å². The van der Waals surface area contributed by atoms with Gasteiger partial charge in [0.1, 0.15) is 5.67 Å². The summed E-state index contributed by atoms with van der Waals surface area (Å²) >= 11 is 0. The normalized spacial score (nSPS) is 48.5. The van der Waals surface area contributed by atoms with Gasteiger partial charge in [0.2, 0.25) is 0 Å². The van der Waals surface area contributed by atoms with E-state index >= 15 is 0 Å². The Kier molecular flexibility index (Phi) is 2.14. The second-order valence-electron chi connectivity index (χ2n) is 4.82. The molecule has 0 bridgehead atoms.